The Balaban J connectivity index is 2.49. The molecule has 0 heterocycles. The summed E-state index contributed by atoms with van der Waals surface area (Å²) in [5, 5.41) is 3.66. The fourth-order valence-electron chi connectivity index (χ4n) is 3.95. The van der Waals surface area contributed by atoms with E-state index in [4.69, 9.17) is 0 Å². The van der Waals surface area contributed by atoms with E-state index in [9.17, 15) is 0 Å². The number of rotatable bonds is 9. The van der Waals surface area contributed by atoms with Crippen LogP contribution in [-0.4, -0.2) is 37.6 Å². The monoisotopic (exact) mass is 296 g/mol. The van der Waals surface area contributed by atoms with Crippen molar-refractivity contribution < 1.29 is 0 Å². The highest BCUT2D eigenvalue weighted by Crippen LogP contribution is 2.37. The summed E-state index contributed by atoms with van der Waals surface area (Å²) in [6.07, 6.45) is 9.39. The van der Waals surface area contributed by atoms with Gasteiger partial charge in [0, 0.05) is 19.1 Å². The summed E-state index contributed by atoms with van der Waals surface area (Å²) >= 11 is 0. The molecular formula is C19H40N2. The zero-order valence-corrected chi connectivity index (χ0v) is 15.6. The molecule has 0 amide bonds. The maximum Gasteiger partial charge on any atom is 0.00928 e. The van der Waals surface area contributed by atoms with Crippen LogP contribution in [0.3, 0.4) is 0 Å². The first-order valence-electron chi connectivity index (χ1n) is 9.23. The molecule has 2 heteroatoms. The Morgan fingerprint density at radius 1 is 1.14 bits per heavy atom. The van der Waals surface area contributed by atoms with E-state index in [1.54, 1.807) is 0 Å². The minimum Gasteiger partial charge on any atom is -0.316 e. The van der Waals surface area contributed by atoms with Gasteiger partial charge in [0.15, 0.2) is 0 Å². The fraction of sp³-hybridized carbons (Fsp3) is 1.00. The van der Waals surface area contributed by atoms with Gasteiger partial charge in [-0.3, -0.25) is 0 Å². The summed E-state index contributed by atoms with van der Waals surface area (Å²) in [7, 11) is 2.36. The van der Waals surface area contributed by atoms with Crippen LogP contribution in [0.4, 0.5) is 0 Å². The van der Waals surface area contributed by atoms with Gasteiger partial charge in [0.2, 0.25) is 0 Å². The Labute approximate surface area is 134 Å². The summed E-state index contributed by atoms with van der Waals surface area (Å²) in [6, 6.07) is 0.806. The van der Waals surface area contributed by atoms with Crippen molar-refractivity contribution in [3.63, 3.8) is 0 Å². The molecule has 0 aromatic carbocycles. The highest BCUT2D eigenvalue weighted by molar-refractivity contribution is 4.86. The lowest BCUT2D eigenvalue weighted by molar-refractivity contribution is 0.0849. The molecule has 0 aliphatic heterocycles. The van der Waals surface area contributed by atoms with E-state index in [0.29, 0.717) is 10.8 Å². The first-order valence-corrected chi connectivity index (χ1v) is 9.23. The van der Waals surface area contributed by atoms with Gasteiger partial charge in [-0.05, 0) is 62.9 Å². The molecule has 0 aromatic heterocycles. The smallest absolute Gasteiger partial charge is 0.00928 e. The second-order valence-corrected chi connectivity index (χ2v) is 8.55. The van der Waals surface area contributed by atoms with Crippen molar-refractivity contribution in [3.8, 4) is 0 Å². The minimum atomic E-state index is 0.422. The maximum absolute atomic E-state index is 3.66. The molecule has 1 saturated carbocycles. The van der Waals surface area contributed by atoms with Crippen LogP contribution in [-0.2, 0) is 0 Å². The molecule has 126 valence electrons. The van der Waals surface area contributed by atoms with E-state index in [2.05, 4.69) is 51.9 Å². The van der Waals surface area contributed by atoms with E-state index < -0.39 is 0 Å². The van der Waals surface area contributed by atoms with E-state index >= 15 is 0 Å². The molecule has 1 rings (SSSR count). The third-order valence-corrected chi connectivity index (χ3v) is 5.40. The van der Waals surface area contributed by atoms with Crippen molar-refractivity contribution in [2.45, 2.75) is 85.6 Å². The van der Waals surface area contributed by atoms with Gasteiger partial charge < -0.3 is 10.2 Å². The molecule has 0 bridgehead atoms. The van der Waals surface area contributed by atoms with Gasteiger partial charge in [0.1, 0.15) is 0 Å². The first kappa shape index (κ1) is 19.0. The number of hydrogen-bond acceptors (Lipinski definition) is 2. The lowest BCUT2D eigenvalue weighted by Crippen LogP contribution is -2.46. The Morgan fingerprint density at radius 2 is 1.76 bits per heavy atom. The average Bonchev–Trinajstić information content (AvgIpc) is 2.38. The van der Waals surface area contributed by atoms with Crippen LogP contribution >= 0.6 is 0 Å². The predicted molar refractivity (Wildman–Crippen MR) is 94.8 cm³/mol. The number of nitrogens with one attached hydrogen (secondary N) is 1. The molecule has 2 nitrogen and oxygen atoms in total. The topological polar surface area (TPSA) is 15.3 Å². The van der Waals surface area contributed by atoms with E-state index in [1.165, 1.54) is 51.5 Å². The summed E-state index contributed by atoms with van der Waals surface area (Å²) < 4.78 is 0. The maximum atomic E-state index is 3.66. The van der Waals surface area contributed by atoms with Crippen molar-refractivity contribution in [2.24, 2.45) is 10.8 Å². The highest BCUT2D eigenvalue weighted by Gasteiger charge is 2.32. The Bertz CT molecular complexity index is 277. The molecule has 1 N–H and O–H groups in total. The Hall–Kier alpha value is -0.0800. The van der Waals surface area contributed by atoms with Gasteiger partial charge in [0.05, 0.1) is 0 Å². The van der Waals surface area contributed by atoms with Crippen molar-refractivity contribution in [2.75, 3.05) is 26.7 Å². The summed E-state index contributed by atoms with van der Waals surface area (Å²) in [5.74, 6) is 0. The first-order chi connectivity index (χ1) is 9.82. The number of nitrogens with zero attached hydrogens (tertiary/aromatic N) is 1. The summed E-state index contributed by atoms with van der Waals surface area (Å²) in [4.78, 5) is 2.67. The second-order valence-electron chi connectivity index (χ2n) is 8.55. The predicted octanol–water partition coefficient (Wildman–Crippen LogP) is 4.69. The molecule has 1 atom stereocenters. The molecule has 1 fully saturated rings. The van der Waals surface area contributed by atoms with Crippen molar-refractivity contribution >= 4 is 0 Å². The van der Waals surface area contributed by atoms with Crippen LogP contribution in [0.1, 0.15) is 79.6 Å². The molecule has 1 aliphatic carbocycles. The fourth-order valence-corrected chi connectivity index (χ4v) is 3.95. The normalized spacial score (nSPS) is 22.4. The largest absolute Gasteiger partial charge is 0.316 e. The minimum absolute atomic E-state index is 0.422. The summed E-state index contributed by atoms with van der Waals surface area (Å²) in [5.41, 5.74) is 0.998. The van der Waals surface area contributed by atoms with Gasteiger partial charge in [-0.15, -0.1) is 0 Å². The van der Waals surface area contributed by atoms with Crippen molar-refractivity contribution in [1.82, 2.24) is 10.2 Å². The standard InChI is InChI=1S/C19H40N2/c1-7-11-19(5,15-20-14-8-2)16-21(6)17-9-12-18(3,4)13-10-17/h17,20H,7-16H2,1-6H3. The lowest BCUT2D eigenvalue weighted by Gasteiger charge is -2.42. The lowest BCUT2D eigenvalue weighted by atomic mass is 9.75. The van der Waals surface area contributed by atoms with E-state index in [0.717, 1.165) is 19.1 Å². The quantitative estimate of drug-likeness (QED) is 0.621. The highest BCUT2D eigenvalue weighted by atomic mass is 15.1. The molecule has 0 saturated heterocycles. The Kier molecular flexibility index (Phi) is 7.70. The van der Waals surface area contributed by atoms with E-state index in [1.807, 2.05) is 0 Å². The molecule has 1 unspecified atom stereocenters. The van der Waals surface area contributed by atoms with Crippen LogP contribution in [0.5, 0.6) is 0 Å². The van der Waals surface area contributed by atoms with Crippen LogP contribution in [0.15, 0.2) is 0 Å². The Morgan fingerprint density at radius 3 is 2.29 bits per heavy atom. The van der Waals surface area contributed by atoms with Crippen LogP contribution in [0.25, 0.3) is 0 Å². The molecular weight excluding hydrogens is 256 g/mol. The third-order valence-electron chi connectivity index (χ3n) is 5.40. The van der Waals surface area contributed by atoms with Gasteiger partial charge in [-0.2, -0.15) is 0 Å². The summed E-state index contributed by atoms with van der Waals surface area (Å²) in [6.45, 7) is 15.5. The molecule has 1 aliphatic rings. The molecule has 0 radical (unpaired) electrons. The van der Waals surface area contributed by atoms with Crippen molar-refractivity contribution in [1.29, 1.82) is 0 Å². The average molecular weight is 297 g/mol. The van der Waals surface area contributed by atoms with Gasteiger partial charge in [0.25, 0.3) is 0 Å². The van der Waals surface area contributed by atoms with E-state index in [-0.39, 0.29) is 0 Å². The molecule has 21 heavy (non-hydrogen) atoms. The second kappa shape index (κ2) is 8.53. The zero-order chi connectivity index (χ0) is 15.9. The van der Waals surface area contributed by atoms with Gasteiger partial charge in [-0.1, -0.05) is 41.0 Å². The number of hydrogen-bond donors (Lipinski definition) is 1. The third kappa shape index (κ3) is 6.69. The van der Waals surface area contributed by atoms with Crippen LogP contribution in [0.2, 0.25) is 0 Å². The SMILES string of the molecule is CCCNCC(C)(CCC)CN(C)C1CCC(C)(C)CC1. The van der Waals surface area contributed by atoms with Gasteiger partial charge >= 0.3 is 0 Å². The molecule has 0 spiro atoms. The van der Waals surface area contributed by atoms with Gasteiger partial charge in [-0.25, -0.2) is 0 Å². The van der Waals surface area contributed by atoms with Crippen LogP contribution in [0, 0.1) is 10.8 Å². The zero-order valence-electron chi connectivity index (χ0n) is 15.6. The molecule has 0 aromatic rings. The van der Waals surface area contributed by atoms with Crippen LogP contribution < -0.4 is 5.32 Å². The van der Waals surface area contributed by atoms with Crippen molar-refractivity contribution in [3.05, 3.63) is 0 Å².